The van der Waals surface area contributed by atoms with Crippen LogP contribution in [-0.4, -0.2) is 30.2 Å². The molecule has 7 nitrogen and oxygen atoms in total. The van der Waals surface area contributed by atoms with Gasteiger partial charge in [-0.05, 0) is 56.2 Å². The molecule has 3 atom stereocenters. The second-order valence-corrected chi connectivity index (χ2v) is 9.02. The molecule has 0 unspecified atom stereocenters. The normalized spacial score (nSPS) is 24.4. The molecule has 0 spiro atoms. The van der Waals surface area contributed by atoms with Crippen LogP contribution in [0.15, 0.2) is 60.2 Å². The van der Waals surface area contributed by atoms with Crippen LogP contribution in [0.25, 0.3) is 0 Å². The molecule has 2 fully saturated rings. The zero-order valence-electron chi connectivity index (χ0n) is 18.6. The maximum Gasteiger partial charge on any atom is 0.316 e. The number of rotatable bonds is 4. The molecule has 3 aliphatic rings. The summed E-state index contributed by atoms with van der Waals surface area (Å²) in [5.74, 6) is -2.92. The molecule has 0 N–H and O–H groups in total. The first kappa shape index (κ1) is 22.0. The first-order chi connectivity index (χ1) is 16.3. The quantitative estimate of drug-likeness (QED) is 0.300. The van der Waals surface area contributed by atoms with Gasteiger partial charge in [0.2, 0.25) is 17.7 Å². The van der Waals surface area contributed by atoms with Gasteiger partial charge in [0.05, 0.1) is 23.4 Å². The van der Waals surface area contributed by atoms with Crippen LogP contribution in [0.3, 0.4) is 0 Å². The van der Waals surface area contributed by atoms with Crippen molar-refractivity contribution >= 4 is 35.1 Å². The molecule has 2 heterocycles. The molecule has 2 aromatic rings. The highest BCUT2D eigenvalue weighted by Crippen LogP contribution is 2.40. The Balaban J connectivity index is 1.29. The van der Waals surface area contributed by atoms with Crippen molar-refractivity contribution < 1.29 is 28.3 Å². The maximum absolute atomic E-state index is 13.2. The fraction of sp³-hybridized carbons (Fsp3) is 0.308. The lowest BCUT2D eigenvalue weighted by molar-refractivity contribution is -0.139. The number of halogens is 1. The molecule has 0 aromatic heterocycles. The summed E-state index contributed by atoms with van der Waals surface area (Å²) < 4.78 is 18.7. The Kier molecular flexibility index (Phi) is 5.51. The Morgan fingerprint density at radius 1 is 0.971 bits per heavy atom. The SMILES string of the molecule is CC1=CC[C@@H]2C(=O)N(c3cccc(OC(=O)[C@@H]4CC(=O)N(c5ccc(F)cc5)C4)c3)C(=O)[C@@H]2C1. The molecule has 1 aliphatic carbocycles. The molecule has 2 aliphatic heterocycles. The molecule has 5 rings (SSSR count). The van der Waals surface area contributed by atoms with Crippen molar-refractivity contribution in [1.29, 1.82) is 0 Å². The van der Waals surface area contributed by atoms with Crippen LogP contribution in [0.2, 0.25) is 0 Å². The van der Waals surface area contributed by atoms with Crippen LogP contribution in [0, 0.1) is 23.6 Å². The third kappa shape index (κ3) is 3.89. The van der Waals surface area contributed by atoms with Gasteiger partial charge in [-0.1, -0.05) is 17.7 Å². The van der Waals surface area contributed by atoms with Gasteiger partial charge in [0.15, 0.2) is 0 Å². The summed E-state index contributed by atoms with van der Waals surface area (Å²) in [5.41, 5.74) is 1.98. The van der Waals surface area contributed by atoms with Crippen LogP contribution in [0.1, 0.15) is 26.2 Å². The van der Waals surface area contributed by atoms with Gasteiger partial charge in [-0.15, -0.1) is 0 Å². The van der Waals surface area contributed by atoms with Crippen LogP contribution >= 0.6 is 0 Å². The van der Waals surface area contributed by atoms with E-state index in [1.54, 1.807) is 18.2 Å². The summed E-state index contributed by atoms with van der Waals surface area (Å²) in [4.78, 5) is 53.7. The summed E-state index contributed by atoms with van der Waals surface area (Å²) in [6.07, 6.45) is 3.11. The molecule has 174 valence electrons. The second-order valence-electron chi connectivity index (χ2n) is 9.02. The highest BCUT2D eigenvalue weighted by Gasteiger charge is 2.48. The van der Waals surface area contributed by atoms with Crippen molar-refractivity contribution in [2.45, 2.75) is 26.2 Å². The monoisotopic (exact) mass is 462 g/mol. The van der Waals surface area contributed by atoms with E-state index < -0.39 is 17.7 Å². The van der Waals surface area contributed by atoms with E-state index in [1.165, 1.54) is 40.1 Å². The van der Waals surface area contributed by atoms with E-state index in [1.807, 2.05) is 13.0 Å². The number of fused-ring (bicyclic) bond motifs is 1. The van der Waals surface area contributed by atoms with E-state index in [4.69, 9.17) is 4.74 Å². The largest absolute Gasteiger partial charge is 0.426 e. The predicted molar refractivity (Wildman–Crippen MR) is 121 cm³/mol. The molecule has 8 heteroatoms. The first-order valence-corrected chi connectivity index (χ1v) is 11.2. The minimum absolute atomic E-state index is 0.0191. The van der Waals surface area contributed by atoms with Crippen molar-refractivity contribution in [3.05, 3.63) is 66.0 Å². The Morgan fingerprint density at radius 3 is 2.47 bits per heavy atom. The Hall–Kier alpha value is -3.81. The maximum atomic E-state index is 13.2. The number of anilines is 2. The van der Waals surface area contributed by atoms with Crippen molar-refractivity contribution in [2.75, 3.05) is 16.3 Å². The highest BCUT2D eigenvalue weighted by molar-refractivity contribution is 6.22. The zero-order chi connectivity index (χ0) is 24.0. The van der Waals surface area contributed by atoms with Crippen molar-refractivity contribution in [2.24, 2.45) is 17.8 Å². The highest BCUT2D eigenvalue weighted by atomic mass is 19.1. The molecule has 2 aromatic carbocycles. The number of carbonyl (C=O) groups excluding carboxylic acids is 4. The average Bonchev–Trinajstić information content (AvgIpc) is 3.32. The lowest BCUT2D eigenvalue weighted by Crippen LogP contribution is -2.31. The molecule has 34 heavy (non-hydrogen) atoms. The van der Waals surface area contributed by atoms with Gasteiger partial charge >= 0.3 is 5.97 Å². The number of allylic oxidation sites excluding steroid dienone is 2. The molecule has 0 saturated carbocycles. The van der Waals surface area contributed by atoms with E-state index >= 15 is 0 Å². The minimum Gasteiger partial charge on any atom is -0.426 e. The minimum atomic E-state index is -0.687. The molecular weight excluding hydrogens is 439 g/mol. The topological polar surface area (TPSA) is 84.0 Å². The van der Waals surface area contributed by atoms with E-state index in [0.717, 1.165) is 5.57 Å². The number of nitrogens with zero attached hydrogens (tertiary/aromatic N) is 2. The molecule has 2 saturated heterocycles. The van der Waals surface area contributed by atoms with E-state index in [0.29, 0.717) is 24.2 Å². The van der Waals surface area contributed by atoms with Gasteiger partial charge in [0.25, 0.3) is 0 Å². The second kappa shape index (κ2) is 8.52. The summed E-state index contributed by atoms with van der Waals surface area (Å²) in [5, 5.41) is 0. The third-order valence-electron chi connectivity index (χ3n) is 6.71. The van der Waals surface area contributed by atoms with Gasteiger partial charge < -0.3 is 9.64 Å². The van der Waals surface area contributed by atoms with E-state index in [-0.39, 0.29) is 48.3 Å². The van der Waals surface area contributed by atoms with Crippen molar-refractivity contribution in [3.63, 3.8) is 0 Å². The first-order valence-electron chi connectivity index (χ1n) is 11.2. The molecular formula is C26H23FN2O5. The van der Waals surface area contributed by atoms with E-state index in [9.17, 15) is 23.6 Å². The fourth-order valence-corrected chi connectivity index (χ4v) is 4.91. The summed E-state index contributed by atoms with van der Waals surface area (Å²) in [6.45, 7) is 2.09. The summed E-state index contributed by atoms with van der Waals surface area (Å²) >= 11 is 0. The molecule has 3 amide bonds. The number of hydrogen-bond donors (Lipinski definition) is 0. The number of hydrogen-bond acceptors (Lipinski definition) is 5. The number of benzene rings is 2. The zero-order valence-corrected chi connectivity index (χ0v) is 18.6. The number of esters is 1. The van der Waals surface area contributed by atoms with Gasteiger partial charge in [0, 0.05) is 24.7 Å². The predicted octanol–water partition coefficient (Wildman–Crippen LogP) is 3.63. The van der Waals surface area contributed by atoms with Crippen LogP contribution in [-0.2, 0) is 19.2 Å². The Morgan fingerprint density at radius 2 is 1.71 bits per heavy atom. The number of imide groups is 1. The number of carbonyl (C=O) groups is 4. The van der Waals surface area contributed by atoms with Crippen LogP contribution in [0.4, 0.5) is 15.8 Å². The lowest BCUT2D eigenvalue weighted by Gasteiger charge is -2.18. The Labute approximate surface area is 195 Å². The summed E-state index contributed by atoms with van der Waals surface area (Å²) in [6, 6.07) is 11.8. The lowest BCUT2D eigenvalue weighted by atomic mass is 9.82. The summed E-state index contributed by atoms with van der Waals surface area (Å²) in [7, 11) is 0. The van der Waals surface area contributed by atoms with Crippen molar-refractivity contribution in [3.8, 4) is 5.75 Å². The number of ether oxygens (including phenoxy) is 1. The van der Waals surface area contributed by atoms with Gasteiger partial charge in [-0.2, -0.15) is 0 Å². The smallest absolute Gasteiger partial charge is 0.316 e. The van der Waals surface area contributed by atoms with Crippen molar-refractivity contribution in [1.82, 2.24) is 0 Å². The third-order valence-corrected chi connectivity index (χ3v) is 6.71. The standard InChI is InChI=1S/C26H23FN2O5/c1-15-5-10-21-22(11-15)25(32)29(24(21)31)19-3-2-4-20(13-19)34-26(33)16-12-23(30)28(14-16)18-8-6-17(27)7-9-18/h2-9,13,16,21-22H,10-12,14H2,1H3/t16-,21+,22-/m1/s1. The Bertz CT molecular complexity index is 1220. The van der Waals surface area contributed by atoms with E-state index in [2.05, 4.69) is 0 Å². The fourth-order valence-electron chi connectivity index (χ4n) is 4.91. The molecule has 0 radical (unpaired) electrons. The van der Waals surface area contributed by atoms with Gasteiger partial charge in [-0.3, -0.25) is 19.2 Å². The van der Waals surface area contributed by atoms with Gasteiger partial charge in [-0.25, -0.2) is 9.29 Å². The van der Waals surface area contributed by atoms with Gasteiger partial charge in [0.1, 0.15) is 11.6 Å². The molecule has 0 bridgehead atoms. The number of amides is 3. The average molecular weight is 462 g/mol. The van der Waals surface area contributed by atoms with Crippen LogP contribution in [0.5, 0.6) is 5.75 Å². The van der Waals surface area contributed by atoms with Crippen LogP contribution < -0.4 is 14.5 Å².